The van der Waals surface area contributed by atoms with Gasteiger partial charge in [0.1, 0.15) is 0 Å². The normalized spacial score (nSPS) is 19.5. The van der Waals surface area contributed by atoms with Gasteiger partial charge >= 0.3 is 5.97 Å². The van der Waals surface area contributed by atoms with E-state index in [9.17, 15) is 9.90 Å². The summed E-state index contributed by atoms with van der Waals surface area (Å²) in [7, 11) is 0. The zero-order valence-corrected chi connectivity index (χ0v) is 14.8. The van der Waals surface area contributed by atoms with E-state index in [2.05, 4.69) is 34.9 Å². The Morgan fingerprint density at radius 1 is 1.04 bits per heavy atom. The number of halogens is 2. The molecule has 0 aromatic heterocycles. The molecule has 1 heterocycles. The molecule has 1 saturated heterocycles. The zero-order chi connectivity index (χ0) is 15.4. The fourth-order valence-electron chi connectivity index (χ4n) is 3.10. The summed E-state index contributed by atoms with van der Waals surface area (Å²) in [5.74, 6) is -0.521. The molecule has 6 heteroatoms. The summed E-state index contributed by atoms with van der Waals surface area (Å²) >= 11 is 0. The maximum atomic E-state index is 11.4. The Kier molecular flexibility index (Phi) is 8.05. The smallest absolute Gasteiger partial charge is 0.337 e. The number of carboxylic acid groups (broad SMARTS) is 1. The molecule has 2 aromatic rings. The van der Waals surface area contributed by atoms with Crippen LogP contribution in [0.1, 0.15) is 28.3 Å². The third kappa shape index (κ3) is 4.63. The topological polar surface area (TPSA) is 61.4 Å². The van der Waals surface area contributed by atoms with Crippen LogP contribution in [0.5, 0.6) is 0 Å². The zero-order valence-electron chi connectivity index (χ0n) is 13.1. The van der Waals surface area contributed by atoms with Gasteiger partial charge in [-0.2, -0.15) is 0 Å². The average Bonchev–Trinajstić information content (AvgIpc) is 2.56. The number of para-hydroxylation sites is 1. The van der Waals surface area contributed by atoms with Crippen LogP contribution in [0.25, 0.3) is 0 Å². The molecular weight excluding hydrogens is 347 g/mol. The standard InChI is InChI=1S/C18H20N2O2.2ClH/c21-18(22)15-8-4-5-9-16(15)20-17-12-19-11-10-14(17)13-6-2-1-3-7-13;;/h1-9,14,17,19-20H,10-12H2,(H,21,22);2*1H. The molecule has 0 radical (unpaired) electrons. The van der Waals surface area contributed by atoms with Crippen molar-refractivity contribution in [2.24, 2.45) is 0 Å². The van der Waals surface area contributed by atoms with E-state index in [1.165, 1.54) is 5.56 Å². The van der Waals surface area contributed by atoms with E-state index in [-0.39, 0.29) is 30.9 Å². The molecule has 3 N–H and O–H groups in total. The summed E-state index contributed by atoms with van der Waals surface area (Å²) < 4.78 is 0. The van der Waals surface area contributed by atoms with E-state index < -0.39 is 5.97 Å². The van der Waals surface area contributed by atoms with Gasteiger partial charge < -0.3 is 15.7 Å². The molecule has 130 valence electrons. The van der Waals surface area contributed by atoms with Gasteiger partial charge in [0, 0.05) is 24.2 Å². The van der Waals surface area contributed by atoms with Crippen molar-refractivity contribution in [3.63, 3.8) is 0 Å². The van der Waals surface area contributed by atoms with Crippen LogP contribution in [-0.4, -0.2) is 30.2 Å². The van der Waals surface area contributed by atoms with E-state index >= 15 is 0 Å². The Morgan fingerprint density at radius 3 is 2.42 bits per heavy atom. The molecule has 0 aliphatic carbocycles. The van der Waals surface area contributed by atoms with E-state index in [0.29, 0.717) is 17.2 Å². The van der Waals surface area contributed by atoms with Crippen LogP contribution in [-0.2, 0) is 0 Å². The molecule has 2 aromatic carbocycles. The minimum atomic E-state index is -0.900. The van der Waals surface area contributed by atoms with Crippen LogP contribution in [0, 0.1) is 0 Å². The van der Waals surface area contributed by atoms with Crippen molar-refractivity contribution in [2.75, 3.05) is 18.4 Å². The molecule has 24 heavy (non-hydrogen) atoms. The molecule has 0 saturated carbocycles. The summed E-state index contributed by atoms with van der Waals surface area (Å²) in [4.78, 5) is 11.4. The van der Waals surface area contributed by atoms with Crippen LogP contribution >= 0.6 is 24.8 Å². The van der Waals surface area contributed by atoms with Gasteiger partial charge in [-0.25, -0.2) is 4.79 Å². The predicted molar refractivity (Wildman–Crippen MR) is 102 cm³/mol. The maximum absolute atomic E-state index is 11.4. The maximum Gasteiger partial charge on any atom is 0.337 e. The van der Waals surface area contributed by atoms with Crippen LogP contribution < -0.4 is 10.6 Å². The third-order valence-corrected chi connectivity index (χ3v) is 4.21. The summed E-state index contributed by atoms with van der Waals surface area (Å²) in [6, 6.07) is 17.7. The van der Waals surface area contributed by atoms with Gasteiger partial charge in [0.15, 0.2) is 0 Å². The lowest BCUT2D eigenvalue weighted by Gasteiger charge is -2.34. The number of carboxylic acids is 1. The summed E-state index contributed by atoms with van der Waals surface area (Å²) in [6.07, 6.45) is 1.04. The first-order valence-corrected chi connectivity index (χ1v) is 7.60. The second-order valence-electron chi connectivity index (χ2n) is 5.61. The highest BCUT2D eigenvalue weighted by molar-refractivity contribution is 5.94. The lowest BCUT2D eigenvalue weighted by Crippen LogP contribution is -2.44. The predicted octanol–water partition coefficient (Wildman–Crippen LogP) is 3.79. The molecule has 1 aliphatic heterocycles. The van der Waals surface area contributed by atoms with Crippen molar-refractivity contribution < 1.29 is 9.90 Å². The van der Waals surface area contributed by atoms with Crippen LogP contribution in [0.3, 0.4) is 0 Å². The van der Waals surface area contributed by atoms with Crippen molar-refractivity contribution in [2.45, 2.75) is 18.4 Å². The van der Waals surface area contributed by atoms with Crippen LogP contribution in [0.2, 0.25) is 0 Å². The molecule has 2 atom stereocenters. The number of hydrogen-bond acceptors (Lipinski definition) is 3. The van der Waals surface area contributed by atoms with Gasteiger partial charge in [-0.05, 0) is 30.7 Å². The number of piperidine rings is 1. The minimum absolute atomic E-state index is 0. The molecule has 0 amide bonds. The highest BCUT2D eigenvalue weighted by atomic mass is 35.5. The second kappa shape index (κ2) is 9.52. The first kappa shape index (κ1) is 20.3. The number of nitrogens with one attached hydrogen (secondary N) is 2. The number of hydrogen-bond donors (Lipinski definition) is 3. The van der Waals surface area contributed by atoms with Gasteiger partial charge in [0.05, 0.1) is 5.56 Å². The molecule has 0 spiro atoms. The fourth-order valence-corrected chi connectivity index (χ4v) is 3.10. The molecule has 4 nitrogen and oxygen atoms in total. The number of anilines is 1. The summed E-state index contributed by atoms with van der Waals surface area (Å²) in [5.41, 5.74) is 2.30. The summed E-state index contributed by atoms with van der Waals surface area (Å²) in [6.45, 7) is 1.81. The number of benzene rings is 2. The Hall–Kier alpha value is -1.75. The monoisotopic (exact) mass is 368 g/mol. The van der Waals surface area contributed by atoms with Gasteiger partial charge in [-0.15, -0.1) is 24.8 Å². The van der Waals surface area contributed by atoms with Gasteiger partial charge in [0.2, 0.25) is 0 Å². The minimum Gasteiger partial charge on any atom is -0.478 e. The molecule has 3 rings (SSSR count). The number of aromatic carboxylic acids is 1. The molecule has 1 fully saturated rings. The first-order valence-electron chi connectivity index (χ1n) is 7.60. The van der Waals surface area contributed by atoms with E-state index in [1.54, 1.807) is 12.1 Å². The molecular formula is C18H22Cl2N2O2. The van der Waals surface area contributed by atoms with Crippen molar-refractivity contribution in [3.8, 4) is 0 Å². The second-order valence-corrected chi connectivity index (χ2v) is 5.61. The average molecular weight is 369 g/mol. The highest BCUT2D eigenvalue weighted by Gasteiger charge is 2.27. The quantitative estimate of drug-likeness (QED) is 0.768. The van der Waals surface area contributed by atoms with Crippen LogP contribution in [0.15, 0.2) is 54.6 Å². The Bertz CT molecular complexity index is 652. The summed E-state index contributed by atoms with van der Waals surface area (Å²) in [5, 5.41) is 16.2. The van der Waals surface area contributed by atoms with Crippen molar-refractivity contribution in [1.82, 2.24) is 5.32 Å². The van der Waals surface area contributed by atoms with Crippen molar-refractivity contribution in [3.05, 3.63) is 65.7 Å². The van der Waals surface area contributed by atoms with Crippen LogP contribution in [0.4, 0.5) is 5.69 Å². The Morgan fingerprint density at radius 2 is 1.71 bits per heavy atom. The fraction of sp³-hybridized carbons (Fsp3) is 0.278. The highest BCUT2D eigenvalue weighted by Crippen LogP contribution is 2.28. The lowest BCUT2D eigenvalue weighted by molar-refractivity contribution is 0.0698. The van der Waals surface area contributed by atoms with E-state index in [1.807, 2.05) is 18.2 Å². The number of carbonyl (C=O) groups is 1. The largest absolute Gasteiger partial charge is 0.478 e. The molecule has 1 aliphatic rings. The Balaban J connectivity index is 0.00000144. The van der Waals surface area contributed by atoms with Gasteiger partial charge in [0.25, 0.3) is 0 Å². The van der Waals surface area contributed by atoms with Crippen molar-refractivity contribution >= 4 is 36.5 Å². The number of rotatable bonds is 4. The molecule has 2 unspecified atom stereocenters. The van der Waals surface area contributed by atoms with Gasteiger partial charge in [-0.3, -0.25) is 0 Å². The Labute approximate surface area is 154 Å². The van der Waals surface area contributed by atoms with E-state index in [4.69, 9.17) is 0 Å². The molecule has 0 bridgehead atoms. The third-order valence-electron chi connectivity index (χ3n) is 4.21. The van der Waals surface area contributed by atoms with Gasteiger partial charge in [-0.1, -0.05) is 42.5 Å². The SMILES string of the molecule is Cl.Cl.O=C(O)c1ccccc1NC1CNCCC1c1ccccc1. The lowest BCUT2D eigenvalue weighted by atomic mass is 9.86. The van der Waals surface area contributed by atoms with E-state index in [0.717, 1.165) is 19.5 Å². The van der Waals surface area contributed by atoms with Crippen molar-refractivity contribution in [1.29, 1.82) is 0 Å². The first-order chi connectivity index (χ1) is 10.8.